The van der Waals surface area contributed by atoms with Gasteiger partial charge in [-0.25, -0.2) is 0 Å². The van der Waals surface area contributed by atoms with E-state index in [1.165, 1.54) is 0 Å². The van der Waals surface area contributed by atoms with E-state index in [-0.39, 0.29) is 4.90 Å². The monoisotopic (exact) mass is 286 g/mol. The van der Waals surface area contributed by atoms with Crippen molar-refractivity contribution in [2.75, 3.05) is 0 Å². The van der Waals surface area contributed by atoms with Crippen molar-refractivity contribution < 1.29 is 12.6 Å². The lowest BCUT2D eigenvalue weighted by molar-refractivity contribution is 0.264. The van der Waals surface area contributed by atoms with E-state index < -0.39 is 16.2 Å². The van der Waals surface area contributed by atoms with E-state index in [4.69, 9.17) is 4.18 Å². The van der Waals surface area contributed by atoms with Gasteiger partial charge in [-0.15, -0.1) is 0 Å². The Bertz CT molecular complexity index is 776. The zero-order valence-electron chi connectivity index (χ0n) is 11.0. The third-order valence-corrected chi connectivity index (χ3v) is 4.80. The van der Waals surface area contributed by atoms with E-state index in [1.807, 2.05) is 30.3 Å². The van der Waals surface area contributed by atoms with Gasteiger partial charge in [-0.3, -0.25) is 4.18 Å². The fourth-order valence-corrected chi connectivity index (χ4v) is 3.58. The number of fused-ring (bicyclic) bond motifs is 1. The Morgan fingerprint density at radius 2 is 1.70 bits per heavy atom. The lowest BCUT2D eigenvalue weighted by Gasteiger charge is -2.13. The van der Waals surface area contributed by atoms with Crippen molar-refractivity contribution in [3.05, 3.63) is 71.3 Å². The Morgan fingerprint density at radius 1 is 1.00 bits per heavy atom. The van der Waals surface area contributed by atoms with Gasteiger partial charge in [0.25, 0.3) is 10.1 Å². The first-order valence-corrected chi connectivity index (χ1v) is 7.75. The summed E-state index contributed by atoms with van der Waals surface area (Å²) in [6, 6.07) is 14.4. The van der Waals surface area contributed by atoms with Gasteiger partial charge >= 0.3 is 0 Å². The summed E-state index contributed by atoms with van der Waals surface area (Å²) in [6.07, 6.45) is 3.10. The molecule has 1 aliphatic carbocycles. The Kier molecular flexibility index (Phi) is 3.20. The zero-order chi connectivity index (χ0) is 14.2. The second-order valence-electron chi connectivity index (χ2n) is 4.72. The van der Waals surface area contributed by atoms with Gasteiger partial charge in [0, 0.05) is 0 Å². The molecule has 0 amide bonds. The molecule has 3 rings (SSSR count). The average Bonchev–Trinajstić information content (AvgIpc) is 2.82. The van der Waals surface area contributed by atoms with Crippen LogP contribution in [0, 0.1) is 6.92 Å². The molecule has 0 saturated heterocycles. The topological polar surface area (TPSA) is 43.4 Å². The van der Waals surface area contributed by atoms with Crippen molar-refractivity contribution in [3.8, 4) is 0 Å². The molecule has 0 radical (unpaired) electrons. The molecule has 0 aromatic heterocycles. The van der Waals surface area contributed by atoms with E-state index in [1.54, 1.807) is 37.3 Å². The molecular formula is C16H14O3S. The molecule has 1 unspecified atom stereocenters. The van der Waals surface area contributed by atoms with Gasteiger partial charge in [0.15, 0.2) is 0 Å². The molecule has 0 fully saturated rings. The summed E-state index contributed by atoms with van der Waals surface area (Å²) < 4.78 is 30.1. The largest absolute Gasteiger partial charge is 0.298 e. The first-order chi connectivity index (χ1) is 9.58. The van der Waals surface area contributed by atoms with Crippen molar-refractivity contribution >= 4 is 16.2 Å². The van der Waals surface area contributed by atoms with Gasteiger partial charge in [0.1, 0.15) is 6.10 Å². The van der Waals surface area contributed by atoms with E-state index in [9.17, 15) is 8.42 Å². The van der Waals surface area contributed by atoms with Crippen LogP contribution < -0.4 is 0 Å². The van der Waals surface area contributed by atoms with E-state index in [2.05, 4.69) is 0 Å². The first kappa shape index (κ1) is 13.1. The summed E-state index contributed by atoms with van der Waals surface area (Å²) in [4.78, 5) is 0.220. The summed E-state index contributed by atoms with van der Waals surface area (Å²) >= 11 is 0. The number of hydrogen-bond acceptors (Lipinski definition) is 3. The first-order valence-electron chi connectivity index (χ1n) is 6.34. The van der Waals surface area contributed by atoms with Crippen LogP contribution in [0.5, 0.6) is 0 Å². The fraction of sp³-hybridized carbons (Fsp3) is 0.125. The SMILES string of the molecule is Cc1ccccc1S(=O)(=O)OC1C=Cc2ccccc21. The normalized spacial score (nSPS) is 17.1. The molecule has 102 valence electrons. The van der Waals surface area contributed by atoms with Gasteiger partial charge in [-0.1, -0.05) is 48.5 Å². The van der Waals surface area contributed by atoms with E-state index in [0.29, 0.717) is 5.56 Å². The minimum absolute atomic E-state index is 0.220. The molecule has 0 spiro atoms. The molecule has 1 aliphatic rings. The van der Waals surface area contributed by atoms with Crippen molar-refractivity contribution in [1.82, 2.24) is 0 Å². The van der Waals surface area contributed by atoms with Crippen LogP contribution >= 0.6 is 0 Å². The van der Waals surface area contributed by atoms with Crippen LogP contribution in [-0.4, -0.2) is 8.42 Å². The third-order valence-electron chi connectivity index (χ3n) is 3.35. The second-order valence-corrected chi connectivity index (χ2v) is 6.27. The molecule has 2 aromatic carbocycles. The molecule has 0 N–H and O–H groups in total. The Morgan fingerprint density at radius 3 is 2.50 bits per heavy atom. The van der Waals surface area contributed by atoms with Crippen LogP contribution in [0.25, 0.3) is 6.08 Å². The Balaban J connectivity index is 1.93. The number of benzene rings is 2. The number of rotatable bonds is 3. The molecule has 2 aromatic rings. The lowest BCUT2D eigenvalue weighted by Crippen LogP contribution is -2.11. The molecule has 0 bridgehead atoms. The van der Waals surface area contributed by atoms with Gasteiger partial charge in [0.05, 0.1) is 4.90 Å². The third kappa shape index (κ3) is 2.28. The highest BCUT2D eigenvalue weighted by atomic mass is 32.2. The molecule has 3 nitrogen and oxygen atoms in total. The summed E-state index contributed by atoms with van der Waals surface area (Å²) in [7, 11) is -3.77. The molecular weight excluding hydrogens is 272 g/mol. The fourth-order valence-electron chi connectivity index (χ4n) is 2.33. The van der Waals surface area contributed by atoms with Crippen LogP contribution in [-0.2, 0) is 14.3 Å². The summed E-state index contributed by atoms with van der Waals surface area (Å²) in [5, 5.41) is 0. The summed E-state index contributed by atoms with van der Waals surface area (Å²) in [5.74, 6) is 0. The van der Waals surface area contributed by atoms with Crippen LogP contribution in [0.15, 0.2) is 59.5 Å². The maximum absolute atomic E-state index is 12.4. The van der Waals surface area contributed by atoms with Crippen LogP contribution in [0.1, 0.15) is 22.8 Å². The summed E-state index contributed by atoms with van der Waals surface area (Å²) in [6.45, 7) is 1.76. The quantitative estimate of drug-likeness (QED) is 0.811. The van der Waals surface area contributed by atoms with Crippen LogP contribution in [0.4, 0.5) is 0 Å². The van der Waals surface area contributed by atoms with Gasteiger partial charge in [-0.2, -0.15) is 8.42 Å². The van der Waals surface area contributed by atoms with Crippen molar-refractivity contribution in [2.24, 2.45) is 0 Å². The molecule has 1 atom stereocenters. The zero-order valence-corrected chi connectivity index (χ0v) is 11.8. The van der Waals surface area contributed by atoms with E-state index in [0.717, 1.165) is 11.1 Å². The summed E-state index contributed by atoms with van der Waals surface area (Å²) in [5.41, 5.74) is 2.56. The Hall–Kier alpha value is -1.91. The predicted molar refractivity (Wildman–Crippen MR) is 77.7 cm³/mol. The highest BCUT2D eigenvalue weighted by molar-refractivity contribution is 7.86. The molecule has 0 heterocycles. The smallest absolute Gasteiger partial charge is 0.254 e. The number of hydrogen-bond donors (Lipinski definition) is 0. The highest BCUT2D eigenvalue weighted by Gasteiger charge is 2.26. The van der Waals surface area contributed by atoms with Crippen molar-refractivity contribution in [3.63, 3.8) is 0 Å². The average molecular weight is 286 g/mol. The van der Waals surface area contributed by atoms with Crippen LogP contribution in [0.3, 0.4) is 0 Å². The standard InChI is InChI=1S/C16H14O3S/c1-12-6-2-5-9-16(12)20(17,18)19-15-11-10-13-7-3-4-8-14(13)15/h2-11,15H,1H3. The lowest BCUT2D eigenvalue weighted by atomic mass is 10.1. The Labute approximate surface area is 118 Å². The van der Waals surface area contributed by atoms with Crippen LogP contribution in [0.2, 0.25) is 0 Å². The van der Waals surface area contributed by atoms with Crippen molar-refractivity contribution in [1.29, 1.82) is 0 Å². The minimum atomic E-state index is -3.77. The molecule has 4 heteroatoms. The maximum atomic E-state index is 12.4. The molecule has 20 heavy (non-hydrogen) atoms. The molecule has 0 aliphatic heterocycles. The minimum Gasteiger partial charge on any atom is -0.254 e. The predicted octanol–water partition coefficient (Wildman–Crippen LogP) is 3.47. The maximum Gasteiger partial charge on any atom is 0.298 e. The van der Waals surface area contributed by atoms with Crippen molar-refractivity contribution in [2.45, 2.75) is 17.9 Å². The van der Waals surface area contributed by atoms with E-state index >= 15 is 0 Å². The highest BCUT2D eigenvalue weighted by Crippen LogP contribution is 2.33. The second kappa shape index (κ2) is 4.89. The number of aryl methyl sites for hydroxylation is 1. The van der Waals surface area contributed by atoms with Gasteiger partial charge in [0.2, 0.25) is 0 Å². The molecule has 0 saturated carbocycles. The van der Waals surface area contributed by atoms with Gasteiger partial charge in [-0.05, 0) is 35.8 Å². The van der Waals surface area contributed by atoms with Gasteiger partial charge < -0.3 is 0 Å².